The second-order valence-corrected chi connectivity index (χ2v) is 11.1. The van der Waals surface area contributed by atoms with Gasteiger partial charge in [0, 0.05) is 24.5 Å². The van der Waals surface area contributed by atoms with Gasteiger partial charge in [0.25, 0.3) is 5.56 Å². The number of halogens is 1. The Bertz CT molecular complexity index is 1730. The van der Waals surface area contributed by atoms with Gasteiger partial charge in [0.1, 0.15) is 16.8 Å². The summed E-state index contributed by atoms with van der Waals surface area (Å²) in [5.41, 5.74) is -2.09. The maximum Gasteiger partial charge on any atom is 0.419 e. The van der Waals surface area contributed by atoms with Crippen LogP contribution in [0, 0.1) is 0 Å². The van der Waals surface area contributed by atoms with Crippen molar-refractivity contribution >= 4 is 45.7 Å². The molecule has 0 aliphatic heterocycles. The predicted octanol–water partition coefficient (Wildman–Crippen LogP) is 3.32. The molecule has 0 amide bonds. The minimum atomic E-state index is -1.18. The van der Waals surface area contributed by atoms with Crippen LogP contribution in [0.15, 0.2) is 33.9 Å². The van der Waals surface area contributed by atoms with Crippen molar-refractivity contribution in [3.63, 3.8) is 0 Å². The van der Waals surface area contributed by atoms with Crippen LogP contribution in [-0.2, 0) is 40.3 Å². The number of aromatic nitrogens is 5. The van der Waals surface area contributed by atoms with E-state index in [0.717, 1.165) is 4.57 Å². The van der Waals surface area contributed by atoms with Gasteiger partial charge in [0.15, 0.2) is 11.2 Å². The zero-order valence-corrected chi connectivity index (χ0v) is 23.3. The molecule has 0 N–H and O–H groups in total. The number of benzene rings is 1. The van der Waals surface area contributed by atoms with Crippen molar-refractivity contribution in [2.75, 3.05) is 7.11 Å². The van der Waals surface area contributed by atoms with Crippen molar-refractivity contribution in [1.82, 2.24) is 23.3 Å². The molecule has 0 saturated heterocycles. The van der Waals surface area contributed by atoms with E-state index in [-0.39, 0.29) is 23.5 Å². The van der Waals surface area contributed by atoms with E-state index in [1.165, 1.54) is 27.9 Å². The van der Waals surface area contributed by atoms with Crippen LogP contribution in [0.5, 0.6) is 0 Å². The van der Waals surface area contributed by atoms with Gasteiger partial charge >= 0.3 is 17.8 Å². The number of imidazole rings is 1. The molecule has 1 aromatic carbocycles. The number of rotatable bonds is 4. The lowest BCUT2D eigenvalue weighted by atomic mass is 9.92. The Hall–Kier alpha value is -3.86. The van der Waals surface area contributed by atoms with Crippen LogP contribution < -0.4 is 11.2 Å². The molecule has 0 atom stereocenters. The highest BCUT2D eigenvalue weighted by Crippen LogP contribution is 2.27. The average molecular weight is 544 g/mol. The molecule has 11 nitrogen and oxygen atoms in total. The van der Waals surface area contributed by atoms with Crippen LogP contribution in [0.3, 0.4) is 0 Å². The summed E-state index contributed by atoms with van der Waals surface area (Å²) in [6, 6.07) is 6.70. The smallest absolute Gasteiger partial charge is 0.419 e. The topological polar surface area (TPSA) is 119 Å². The van der Waals surface area contributed by atoms with Gasteiger partial charge in [-0.3, -0.25) is 18.7 Å². The zero-order valence-electron chi connectivity index (χ0n) is 22.6. The van der Waals surface area contributed by atoms with Gasteiger partial charge in [0.2, 0.25) is 0 Å². The Morgan fingerprint density at radius 1 is 1.03 bits per heavy atom. The van der Waals surface area contributed by atoms with E-state index >= 15 is 0 Å². The maximum atomic E-state index is 13.7. The SMILES string of the molecule is COC(=O)C(C)(C)c1nc2c(c(=O)n(Cc3cc4cc(Cl)ccc4n3C(=O)OC(C)(C)C)c(=O)n2C)n1C. The molecular weight excluding hydrogens is 514 g/mol. The summed E-state index contributed by atoms with van der Waals surface area (Å²) in [4.78, 5) is 57.2. The highest BCUT2D eigenvalue weighted by Gasteiger charge is 2.37. The lowest BCUT2D eigenvalue weighted by Gasteiger charge is -2.21. The Morgan fingerprint density at radius 2 is 1.68 bits per heavy atom. The second-order valence-electron chi connectivity index (χ2n) is 10.7. The van der Waals surface area contributed by atoms with Crippen LogP contribution in [0.4, 0.5) is 4.79 Å². The number of hydrogen-bond acceptors (Lipinski definition) is 7. The number of ether oxygens (including phenoxy) is 2. The minimum Gasteiger partial charge on any atom is -0.468 e. The first kappa shape index (κ1) is 27.2. The van der Waals surface area contributed by atoms with E-state index in [0.29, 0.717) is 21.6 Å². The number of carbonyl (C=O) groups is 2. The van der Waals surface area contributed by atoms with Gasteiger partial charge in [-0.25, -0.2) is 19.1 Å². The first-order chi connectivity index (χ1) is 17.6. The molecule has 0 bridgehead atoms. The number of hydrogen-bond donors (Lipinski definition) is 0. The average Bonchev–Trinajstić information content (AvgIpc) is 3.36. The third-order valence-electron chi connectivity index (χ3n) is 6.35. The number of aryl methyl sites for hydroxylation is 2. The van der Waals surface area contributed by atoms with Gasteiger partial charge in [-0.05, 0) is 58.9 Å². The van der Waals surface area contributed by atoms with Crippen molar-refractivity contribution in [2.45, 2.75) is 52.2 Å². The summed E-state index contributed by atoms with van der Waals surface area (Å²) in [6.45, 7) is 8.27. The summed E-state index contributed by atoms with van der Waals surface area (Å²) in [5, 5.41) is 1.11. The first-order valence-corrected chi connectivity index (χ1v) is 12.2. The molecule has 4 aromatic rings. The molecule has 3 heterocycles. The van der Waals surface area contributed by atoms with Gasteiger partial charge < -0.3 is 14.0 Å². The highest BCUT2D eigenvalue weighted by atomic mass is 35.5. The van der Waals surface area contributed by atoms with E-state index in [1.807, 2.05) is 0 Å². The van der Waals surface area contributed by atoms with Crippen LogP contribution >= 0.6 is 11.6 Å². The van der Waals surface area contributed by atoms with E-state index in [9.17, 15) is 19.2 Å². The molecule has 0 aliphatic rings. The van der Waals surface area contributed by atoms with Crippen LogP contribution in [0.25, 0.3) is 22.1 Å². The fourth-order valence-corrected chi connectivity index (χ4v) is 4.71. The second kappa shape index (κ2) is 9.16. The molecule has 12 heteroatoms. The van der Waals surface area contributed by atoms with Crippen molar-refractivity contribution in [3.05, 3.63) is 61.6 Å². The summed E-state index contributed by atoms with van der Waals surface area (Å²) in [6.07, 6.45) is -0.654. The standard InChI is InChI=1S/C26H30ClN5O6/c1-25(2,3)38-24(36)32-16(12-14-11-15(27)9-10-17(14)32)13-31-20(33)18-19(30(7)23(31)35)28-21(29(18)6)26(4,5)22(34)37-8/h9-12H,13H2,1-8H3. The van der Waals surface area contributed by atoms with E-state index in [4.69, 9.17) is 21.1 Å². The Labute approximate surface area is 223 Å². The number of carbonyl (C=O) groups excluding carboxylic acids is 2. The largest absolute Gasteiger partial charge is 0.468 e. The number of nitrogens with zero attached hydrogens (tertiary/aromatic N) is 5. The molecule has 0 saturated carbocycles. The van der Waals surface area contributed by atoms with E-state index in [2.05, 4.69) is 4.98 Å². The molecule has 0 spiro atoms. The molecule has 0 fully saturated rings. The lowest BCUT2D eigenvalue weighted by Crippen LogP contribution is -2.40. The van der Waals surface area contributed by atoms with E-state index in [1.54, 1.807) is 65.9 Å². The third-order valence-corrected chi connectivity index (χ3v) is 6.59. The number of esters is 1. The molecule has 0 aliphatic carbocycles. The van der Waals surface area contributed by atoms with E-state index < -0.39 is 34.3 Å². The predicted molar refractivity (Wildman–Crippen MR) is 143 cm³/mol. The summed E-state index contributed by atoms with van der Waals surface area (Å²) < 4.78 is 15.6. The molecule has 0 unspecified atom stereocenters. The molecular formula is C26H30ClN5O6. The normalized spacial score (nSPS) is 12.3. The van der Waals surface area contributed by atoms with Gasteiger partial charge in [0.05, 0.1) is 24.9 Å². The highest BCUT2D eigenvalue weighted by molar-refractivity contribution is 6.31. The molecule has 3 aromatic heterocycles. The third kappa shape index (κ3) is 4.40. The van der Waals surface area contributed by atoms with Gasteiger partial charge in [-0.2, -0.15) is 0 Å². The van der Waals surface area contributed by atoms with Gasteiger partial charge in [-0.15, -0.1) is 0 Å². The Balaban J connectivity index is 1.95. The lowest BCUT2D eigenvalue weighted by molar-refractivity contribution is -0.146. The molecule has 4 rings (SSSR count). The maximum absolute atomic E-state index is 13.7. The van der Waals surface area contributed by atoms with Crippen molar-refractivity contribution in [1.29, 1.82) is 0 Å². The Kier molecular flexibility index (Phi) is 6.55. The van der Waals surface area contributed by atoms with Gasteiger partial charge in [-0.1, -0.05) is 11.6 Å². The molecule has 0 radical (unpaired) electrons. The monoisotopic (exact) mass is 543 g/mol. The summed E-state index contributed by atoms with van der Waals surface area (Å²) >= 11 is 6.18. The van der Waals surface area contributed by atoms with Crippen LogP contribution in [0.2, 0.25) is 5.02 Å². The fraction of sp³-hybridized carbons (Fsp3) is 0.423. The van der Waals surface area contributed by atoms with Crippen molar-refractivity contribution in [3.8, 4) is 0 Å². The van der Waals surface area contributed by atoms with Crippen molar-refractivity contribution < 1.29 is 19.1 Å². The van der Waals surface area contributed by atoms with Crippen LogP contribution in [-0.4, -0.2) is 48.0 Å². The molecule has 38 heavy (non-hydrogen) atoms. The molecule has 202 valence electrons. The number of methoxy groups -OCH3 is 1. The Morgan fingerprint density at radius 3 is 2.29 bits per heavy atom. The fourth-order valence-electron chi connectivity index (χ4n) is 4.53. The zero-order chi connectivity index (χ0) is 28.3. The first-order valence-electron chi connectivity index (χ1n) is 11.9. The van der Waals surface area contributed by atoms with Crippen molar-refractivity contribution in [2.24, 2.45) is 14.1 Å². The van der Waals surface area contributed by atoms with Crippen LogP contribution in [0.1, 0.15) is 46.1 Å². The number of fused-ring (bicyclic) bond motifs is 2. The quantitative estimate of drug-likeness (QED) is 0.362. The minimum absolute atomic E-state index is 0.127. The summed E-state index contributed by atoms with van der Waals surface area (Å²) in [5.74, 6) is -0.275. The summed E-state index contributed by atoms with van der Waals surface area (Å²) in [7, 11) is 4.36.